The van der Waals surface area contributed by atoms with Crippen LogP contribution in [0.4, 0.5) is 11.4 Å². The Hall–Kier alpha value is -3.22. The molecule has 38 heavy (non-hydrogen) atoms. The Balaban J connectivity index is 1.38. The molecule has 0 spiro atoms. The fraction of sp³-hybridized carbons (Fsp3) is 0.548. The van der Waals surface area contributed by atoms with Crippen molar-refractivity contribution in [2.75, 3.05) is 11.4 Å². The number of hydrogen-bond acceptors (Lipinski definition) is 5. The van der Waals surface area contributed by atoms with Gasteiger partial charge in [-0.1, -0.05) is 39.8 Å². The number of aromatic nitrogens is 3. The topological polar surface area (TPSA) is 87.8 Å². The molecule has 1 aliphatic carbocycles. The second-order valence-corrected chi connectivity index (χ2v) is 12.4. The van der Waals surface area contributed by atoms with Crippen molar-refractivity contribution in [3.05, 3.63) is 53.5 Å². The van der Waals surface area contributed by atoms with Gasteiger partial charge in [0, 0.05) is 30.1 Å². The molecule has 2 aromatic heterocycles. The van der Waals surface area contributed by atoms with Gasteiger partial charge in [0.2, 0.25) is 0 Å². The Morgan fingerprint density at radius 2 is 1.71 bits per heavy atom. The van der Waals surface area contributed by atoms with E-state index in [1.165, 1.54) is 11.3 Å². The van der Waals surface area contributed by atoms with Crippen LogP contribution in [0.1, 0.15) is 82.7 Å². The van der Waals surface area contributed by atoms with Crippen LogP contribution in [0, 0.1) is 30.1 Å². The molecule has 0 radical (unpaired) electrons. The highest BCUT2D eigenvalue weighted by atomic mass is 16.4. The summed E-state index contributed by atoms with van der Waals surface area (Å²) in [7, 11) is 0. The van der Waals surface area contributed by atoms with Gasteiger partial charge in [-0.25, -0.2) is 9.50 Å². The van der Waals surface area contributed by atoms with Crippen LogP contribution in [0.2, 0.25) is 0 Å². The van der Waals surface area contributed by atoms with E-state index >= 15 is 0 Å². The summed E-state index contributed by atoms with van der Waals surface area (Å²) >= 11 is 0. The fourth-order valence-corrected chi connectivity index (χ4v) is 6.90. The highest BCUT2D eigenvalue weighted by molar-refractivity contribution is 5.84. The van der Waals surface area contributed by atoms with Gasteiger partial charge in [0.05, 0.1) is 29.2 Å². The standard InChI is InChI=1S/C31H40N4O3/c1-19-17-27-32-18-26-25(35(27)33-19)7-6-16-34(26)24-14-12-21(13-15-24)28(31(3,4)5)20(2)29(36)22-8-10-23(11-9-22)30(37)38/h12-15,17-18,20,22-23,28H,6-11,16H2,1-5H3,(H,37,38)/t20?,22?,23?,28-/m0/s1. The summed E-state index contributed by atoms with van der Waals surface area (Å²) < 4.78 is 1.98. The summed E-state index contributed by atoms with van der Waals surface area (Å²) in [6.45, 7) is 11.6. The third-order valence-corrected chi connectivity index (χ3v) is 8.69. The molecule has 0 bridgehead atoms. The normalized spacial score (nSPS) is 21.7. The lowest BCUT2D eigenvalue weighted by Crippen LogP contribution is -2.35. The quantitative estimate of drug-likeness (QED) is 0.411. The lowest BCUT2D eigenvalue weighted by Gasteiger charge is -2.38. The van der Waals surface area contributed by atoms with Crippen molar-refractivity contribution in [3.8, 4) is 0 Å². The summed E-state index contributed by atoms with van der Waals surface area (Å²) in [6, 6.07) is 10.7. The van der Waals surface area contributed by atoms with Gasteiger partial charge in [-0.2, -0.15) is 5.10 Å². The first-order valence-corrected chi connectivity index (χ1v) is 14.0. The van der Waals surface area contributed by atoms with E-state index in [-0.39, 0.29) is 34.9 Å². The fourth-order valence-electron chi connectivity index (χ4n) is 6.90. The van der Waals surface area contributed by atoms with Gasteiger partial charge in [-0.3, -0.25) is 9.59 Å². The minimum atomic E-state index is -0.729. The third kappa shape index (κ3) is 4.95. The number of anilines is 2. The third-order valence-electron chi connectivity index (χ3n) is 8.69. The summed E-state index contributed by atoms with van der Waals surface area (Å²) in [5.74, 6) is -0.847. The molecule has 0 saturated heterocycles. The molecule has 2 atom stereocenters. The Morgan fingerprint density at radius 3 is 2.34 bits per heavy atom. The SMILES string of the molecule is Cc1cc2ncc3c(n2n1)CCCN3c1ccc([C@H](C(C)C(=O)C2CCC(C(=O)O)CC2)C(C)(C)C)cc1. The largest absolute Gasteiger partial charge is 0.481 e. The molecule has 5 rings (SSSR count). The van der Waals surface area contributed by atoms with Crippen LogP contribution in [0.25, 0.3) is 5.65 Å². The van der Waals surface area contributed by atoms with Gasteiger partial charge < -0.3 is 10.0 Å². The zero-order valence-electron chi connectivity index (χ0n) is 23.3. The first-order chi connectivity index (χ1) is 18.0. The number of hydrogen-bond donors (Lipinski definition) is 1. The molecule has 1 N–H and O–H groups in total. The smallest absolute Gasteiger partial charge is 0.306 e. The number of carboxylic acid groups (broad SMARTS) is 1. The maximum Gasteiger partial charge on any atom is 0.306 e. The number of rotatable bonds is 6. The molecule has 202 valence electrons. The van der Waals surface area contributed by atoms with Crippen molar-refractivity contribution < 1.29 is 14.7 Å². The summed E-state index contributed by atoms with van der Waals surface area (Å²) in [5.41, 5.74) is 6.37. The number of Topliss-reactive ketones (excluding diaryl/α,β-unsaturated/α-hetero) is 1. The molecular weight excluding hydrogens is 476 g/mol. The van der Waals surface area contributed by atoms with Crippen LogP contribution >= 0.6 is 0 Å². The van der Waals surface area contributed by atoms with Gasteiger partial charge >= 0.3 is 5.97 Å². The van der Waals surface area contributed by atoms with Crippen LogP contribution in [0.15, 0.2) is 36.5 Å². The van der Waals surface area contributed by atoms with Crippen molar-refractivity contribution in [2.24, 2.45) is 23.2 Å². The molecule has 0 amide bonds. The number of nitrogens with zero attached hydrogens (tertiary/aromatic N) is 4. The Labute approximate surface area is 225 Å². The number of aliphatic carboxylic acids is 1. The molecule has 3 aromatic rings. The number of carbonyl (C=O) groups is 2. The molecule has 1 aromatic carbocycles. The molecule has 1 fully saturated rings. The first kappa shape index (κ1) is 26.4. The van der Waals surface area contributed by atoms with Gasteiger partial charge in [-0.05, 0) is 74.5 Å². The van der Waals surface area contributed by atoms with E-state index < -0.39 is 5.97 Å². The molecule has 3 heterocycles. The van der Waals surface area contributed by atoms with E-state index in [0.717, 1.165) is 42.1 Å². The molecular formula is C31H40N4O3. The van der Waals surface area contributed by atoms with Gasteiger partial charge in [-0.15, -0.1) is 0 Å². The highest BCUT2D eigenvalue weighted by Crippen LogP contribution is 2.44. The first-order valence-electron chi connectivity index (χ1n) is 14.0. The van der Waals surface area contributed by atoms with Gasteiger partial charge in [0.1, 0.15) is 5.78 Å². The minimum Gasteiger partial charge on any atom is -0.481 e. The lowest BCUT2D eigenvalue weighted by molar-refractivity contribution is -0.144. The van der Waals surface area contributed by atoms with Gasteiger partial charge in [0.25, 0.3) is 0 Å². The van der Waals surface area contributed by atoms with Crippen molar-refractivity contribution in [1.82, 2.24) is 14.6 Å². The second kappa shape index (κ2) is 10.2. The van der Waals surface area contributed by atoms with Gasteiger partial charge in [0.15, 0.2) is 5.65 Å². The lowest BCUT2D eigenvalue weighted by atomic mass is 9.66. The second-order valence-electron chi connectivity index (χ2n) is 12.4. The minimum absolute atomic E-state index is 0.0372. The van der Waals surface area contributed by atoms with Crippen LogP contribution < -0.4 is 4.90 Å². The number of aryl methyl sites for hydroxylation is 2. The van der Waals surface area contributed by atoms with E-state index in [1.54, 1.807) is 0 Å². The van der Waals surface area contributed by atoms with Crippen LogP contribution in [0.3, 0.4) is 0 Å². The number of ketones is 1. The number of carboxylic acids is 1. The predicted molar refractivity (Wildman–Crippen MR) is 149 cm³/mol. The van der Waals surface area contributed by atoms with Crippen LogP contribution in [-0.4, -0.2) is 38.0 Å². The van der Waals surface area contributed by atoms with Crippen LogP contribution in [0.5, 0.6) is 0 Å². The van der Waals surface area contributed by atoms with E-state index in [1.807, 2.05) is 23.7 Å². The average molecular weight is 517 g/mol. The van der Waals surface area contributed by atoms with Crippen molar-refractivity contribution >= 4 is 28.8 Å². The predicted octanol–water partition coefficient (Wildman–Crippen LogP) is 6.35. The number of carbonyl (C=O) groups excluding carboxylic acids is 1. The summed E-state index contributed by atoms with van der Waals surface area (Å²) in [4.78, 5) is 32.0. The molecule has 1 saturated carbocycles. The number of fused-ring (bicyclic) bond motifs is 3. The van der Waals surface area contributed by atoms with Crippen molar-refractivity contribution in [1.29, 1.82) is 0 Å². The summed E-state index contributed by atoms with van der Waals surface area (Å²) in [5, 5.41) is 14.0. The Kier molecular flexibility index (Phi) is 7.05. The van der Waals surface area contributed by atoms with E-state index in [0.29, 0.717) is 25.7 Å². The van der Waals surface area contributed by atoms with Crippen molar-refractivity contribution in [3.63, 3.8) is 0 Å². The molecule has 7 heteroatoms. The van der Waals surface area contributed by atoms with E-state index in [2.05, 4.69) is 66.9 Å². The zero-order chi connectivity index (χ0) is 27.2. The summed E-state index contributed by atoms with van der Waals surface area (Å²) in [6.07, 6.45) is 6.56. The molecule has 1 aliphatic heterocycles. The maximum atomic E-state index is 13.6. The molecule has 2 aliphatic rings. The Bertz CT molecular complexity index is 1330. The van der Waals surface area contributed by atoms with Crippen molar-refractivity contribution in [2.45, 2.75) is 79.1 Å². The Morgan fingerprint density at radius 1 is 1.05 bits per heavy atom. The zero-order valence-corrected chi connectivity index (χ0v) is 23.3. The maximum absolute atomic E-state index is 13.6. The van der Waals surface area contributed by atoms with E-state index in [9.17, 15) is 14.7 Å². The monoisotopic (exact) mass is 516 g/mol. The average Bonchev–Trinajstić information content (AvgIpc) is 3.28. The number of benzene rings is 1. The molecule has 7 nitrogen and oxygen atoms in total. The van der Waals surface area contributed by atoms with Crippen LogP contribution in [-0.2, 0) is 16.0 Å². The van der Waals surface area contributed by atoms with E-state index in [4.69, 9.17) is 0 Å². The molecule has 1 unspecified atom stereocenters. The highest BCUT2D eigenvalue weighted by Gasteiger charge is 2.39.